The van der Waals surface area contributed by atoms with Gasteiger partial charge in [-0.2, -0.15) is 0 Å². The van der Waals surface area contributed by atoms with E-state index in [-0.39, 0.29) is 5.91 Å². The summed E-state index contributed by atoms with van der Waals surface area (Å²) in [6.07, 6.45) is 4.56. The highest BCUT2D eigenvalue weighted by atomic mass is 35.5. The van der Waals surface area contributed by atoms with E-state index in [2.05, 4.69) is 15.8 Å². The van der Waals surface area contributed by atoms with Crippen molar-refractivity contribution in [2.75, 3.05) is 5.43 Å². The van der Waals surface area contributed by atoms with E-state index in [0.29, 0.717) is 23.2 Å². The smallest absolute Gasteiger partial charge is 0.238 e. The van der Waals surface area contributed by atoms with Gasteiger partial charge in [-0.15, -0.1) is 0 Å². The average molecular weight is 240 g/mol. The number of anilines is 1. The number of amides is 1. The van der Waals surface area contributed by atoms with E-state index in [9.17, 15) is 4.79 Å². The first kappa shape index (κ1) is 11.2. The molecular weight excluding hydrogens is 226 g/mol. The summed E-state index contributed by atoms with van der Waals surface area (Å²) in [6, 6.07) is 1.82. The van der Waals surface area contributed by atoms with Gasteiger partial charge in [0.25, 0.3) is 0 Å². The normalized spacial score (nSPS) is 14.6. The predicted octanol–water partition coefficient (Wildman–Crippen LogP) is 2.29. The van der Waals surface area contributed by atoms with Crippen molar-refractivity contribution in [3.8, 4) is 0 Å². The van der Waals surface area contributed by atoms with Crippen LogP contribution >= 0.6 is 11.6 Å². The molecule has 0 atom stereocenters. The van der Waals surface area contributed by atoms with Crippen LogP contribution in [0.1, 0.15) is 24.8 Å². The number of rotatable bonds is 4. The van der Waals surface area contributed by atoms with Crippen LogP contribution < -0.4 is 10.9 Å². The van der Waals surface area contributed by atoms with Crippen molar-refractivity contribution < 1.29 is 4.79 Å². The van der Waals surface area contributed by atoms with Gasteiger partial charge in [0.2, 0.25) is 5.91 Å². The van der Waals surface area contributed by atoms with Crippen LogP contribution in [-0.2, 0) is 4.79 Å². The van der Waals surface area contributed by atoms with Gasteiger partial charge in [0.05, 0.1) is 5.02 Å². The Balaban J connectivity index is 1.88. The molecule has 0 radical (unpaired) electrons. The van der Waals surface area contributed by atoms with Crippen LogP contribution in [-0.4, -0.2) is 10.9 Å². The highest BCUT2D eigenvalue weighted by Gasteiger charge is 2.24. The highest BCUT2D eigenvalue weighted by Crippen LogP contribution is 2.32. The predicted molar refractivity (Wildman–Crippen MR) is 63.1 cm³/mol. The summed E-state index contributed by atoms with van der Waals surface area (Å²) >= 11 is 6.02. The Hall–Kier alpha value is -1.29. The first-order chi connectivity index (χ1) is 7.66. The third-order valence-electron chi connectivity index (χ3n) is 2.57. The van der Waals surface area contributed by atoms with Crippen molar-refractivity contribution in [2.45, 2.75) is 26.2 Å². The number of carbonyl (C=O) groups excluding carboxylic acids is 1. The Bertz CT molecular complexity index is 404. The van der Waals surface area contributed by atoms with Crippen molar-refractivity contribution in [2.24, 2.45) is 5.92 Å². The van der Waals surface area contributed by atoms with Gasteiger partial charge < -0.3 is 0 Å². The lowest BCUT2D eigenvalue weighted by atomic mass is 10.3. The summed E-state index contributed by atoms with van der Waals surface area (Å²) in [5.41, 5.74) is 6.27. The lowest BCUT2D eigenvalue weighted by Gasteiger charge is -2.09. The number of hydrazine groups is 1. The quantitative estimate of drug-likeness (QED) is 0.793. The largest absolute Gasteiger partial charge is 0.281 e. The molecule has 1 fully saturated rings. The third-order valence-corrected chi connectivity index (χ3v) is 3.05. The van der Waals surface area contributed by atoms with Crippen LogP contribution in [0.3, 0.4) is 0 Å². The first-order valence-corrected chi connectivity index (χ1v) is 5.70. The number of carbonyl (C=O) groups is 1. The fourth-order valence-corrected chi connectivity index (χ4v) is 1.55. The van der Waals surface area contributed by atoms with Gasteiger partial charge in [-0.05, 0) is 37.3 Å². The molecule has 1 saturated carbocycles. The Morgan fingerprint density at radius 3 is 3.06 bits per heavy atom. The molecule has 1 aromatic rings. The fourth-order valence-electron chi connectivity index (χ4n) is 1.39. The Labute approximate surface area is 99.4 Å². The molecule has 0 aromatic carbocycles. The van der Waals surface area contributed by atoms with Gasteiger partial charge in [-0.1, -0.05) is 11.6 Å². The number of halogens is 1. The number of pyridine rings is 1. The molecule has 2 N–H and O–H groups in total. The van der Waals surface area contributed by atoms with Crippen molar-refractivity contribution >= 4 is 23.3 Å². The molecule has 1 aliphatic rings. The summed E-state index contributed by atoms with van der Waals surface area (Å²) in [5.74, 6) is 1.05. The maximum atomic E-state index is 11.4. The molecule has 16 heavy (non-hydrogen) atoms. The molecule has 5 heteroatoms. The summed E-state index contributed by atoms with van der Waals surface area (Å²) in [4.78, 5) is 15.5. The number of hydrogen-bond acceptors (Lipinski definition) is 3. The van der Waals surface area contributed by atoms with Crippen molar-refractivity contribution in [3.05, 3.63) is 22.8 Å². The van der Waals surface area contributed by atoms with E-state index in [1.165, 1.54) is 0 Å². The Morgan fingerprint density at radius 2 is 2.38 bits per heavy atom. The minimum atomic E-state index is -0.0122. The third kappa shape index (κ3) is 2.85. The Kier molecular flexibility index (Phi) is 3.29. The van der Waals surface area contributed by atoms with Crippen LogP contribution in [0.15, 0.2) is 12.3 Å². The van der Waals surface area contributed by atoms with E-state index in [1.54, 1.807) is 6.20 Å². The van der Waals surface area contributed by atoms with Gasteiger partial charge >= 0.3 is 0 Å². The fraction of sp³-hybridized carbons (Fsp3) is 0.455. The summed E-state index contributed by atoms with van der Waals surface area (Å²) in [6.45, 7) is 1.89. The van der Waals surface area contributed by atoms with Gasteiger partial charge in [0.1, 0.15) is 0 Å². The minimum absolute atomic E-state index is 0.0122. The number of nitrogens with zero attached hydrogens (tertiary/aromatic N) is 1. The standard InChI is InChI=1S/C11H14ClN3O/c1-7-4-5-13-11(10(7)12)15-14-9(16)6-8-2-3-8/h4-5,8H,2-3,6H2,1H3,(H,13,15)(H,14,16). The molecule has 1 amide bonds. The monoisotopic (exact) mass is 239 g/mol. The second-order valence-electron chi connectivity index (χ2n) is 4.11. The molecule has 1 aromatic heterocycles. The molecule has 0 spiro atoms. The SMILES string of the molecule is Cc1ccnc(NNC(=O)CC2CC2)c1Cl. The Morgan fingerprint density at radius 1 is 1.62 bits per heavy atom. The van der Waals surface area contributed by atoms with E-state index in [4.69, 9.17) is 11.6 Å². The van der Waals surface area contributed by atoms with Crippen molar-refractivity contribution in [3.63, 3.8) is 0 Å². The van der Waals surface area contributed by atoms with Crippen LogP contribution in [0.2, 0.25) is 5.02 Å². The molecule has 0 saturated heterocycles. The van der Waals surface area contributed by atoms with Crippen LogP contribution in [0.25, 0.3) is 0 Å². The van der Waals surface area contributed by atoms with Crippen LogP contribution in [0, 0.1) is 12.8 Å². The summed E-state index contributed by atoms with van der Waals surface area (Å²) in [7, 11) is 0. The van der Waals surface area contributed by atoms with Crippen molar-refractivity contribution in [1.82, 2.24) is 10.4 Å². The van der Waals surface area contributed by atoms with Gasteiger partial charge in [-0.3, -0.25) is 15.6 Å². The minimum Gasteiger partial charge on any atom is -0.281 e. The molecule has 1 heterocycles. The topological polar surface area (TPSA) is 54.0 Å². The lowest BCUT2D eigenvalue weighted by molar-refractivity contribution is -0.120. The molecular formula is C11H14ClN3O. The molecule has 1 aliphatic carbocycles. The zero-order valence-corrected chi connectivity index (χ0v) is 9.84. The average Bonchev–Trinajstić information content (AvgIpc) is 3.04. The maximum absolute atomic E-state index is 11.4. The first-order valence-electron chi connectivity index (χ1n) is 5.33. The second kappa shape index (κ2) is 4.70. The van der Waals surface area contributed by atoms with E-state index < -0.39 is 0 Å². The highest BCUT2D eigenvalue weighted by molar-refractivity contribution is 6.33. The van der Waals surface area contributed by atoms with E-state index >= 15 is 0 Å². The molecule has 0 unspecified atom stereocenters. The van der Waals surface area contributed by atoms with Gasteiger partial charge in [-0.25, -0.2) is 4.98 Å². The van der Waals surface area contributed by atoms with E-state index in [0.717, 1.165) is 18.4 Å². The van der Waals surface area contributed by atoms with Crippen LogP contribution in [0.5, 0.6) is 0 Å². The molecule has 0 bridgehead atoms. The number of aryl methyl sites for hydroxylation is 1. The molecule has 2 rings (SSSR count). The molecule has 0 aliphatic heterocycles. The lowest BCUT2D eigenvalue weighted by Crippen LogP contribution is -2.30. The number of nitrogens with one attached hydrogen (secondary N) is 2. The summed E-state index contributed by atoms with van der Waals surface area (Å²) < 4.78 is 0. The summed E-state index contributed by atoms with van der Waals surface area (Å²) in [5, 5.41) is 0.536. The zero-order chi connectivity index (χ0) is 11.5. The number of hydrogen-bond donors (Lipinski definition) is 2. The molecule has 86 valence electrons. The second-order valence-corrected chi connectivity index (χ2v) is 4.49. The van der Waals surface area contributed by atoms with E-state index in [1.807, 2.05) is 13.0 Å². The molecule has 4 nitrogen and oxygen atoms in total. The van der Waals surface area contributed by atoms with Crippen molar-refractivity contribution in [1.29, 1.82) is 0 Å². The van der Waals surface area contributed by atoms with Gasteiger partial charge in [0, 0.05) is 12.6 Å². The van der Waals surface area contributed by atoms with Crippen LogP contribution in [0.4, 0.5) is 5.82 Å². The zero-order valence-electron chi connectivity index (χ0n) is 9.09. The number of aromatic nitrogens is 1. The maximum Gasteiger partial charge on any atom is 0.238 e. The van der Waals surface area contributed by atoms with Gasteiger partial charge in [0.15, 0.2) is 5.82 Å².